The van der Waals surface area contributed by atoms with Gasteiger partial charge in [-0.15, -0.1) is 0 Å². The number of anilines is 2. The zero-order valence-electron chi connectivity index (χ0n) is 20.7. The lowest BCUT2D eigenvalue weighted by Gasteiger charge is -2.35. The van der Waals surface area contributed by atoms with E-state index in [-0.39, 0.29) is 30.4 Å². The molecule has 2 aromatic rings. The number of hydrogen-bond acceptors (Lipinski definition) is 7. The topological polar surface area (TPSA) is 144 Å². The summed E-state index contributed by atoms with van der Waals surface area (Å²) in [5.41, 5.74) is 2.04. The molecule has 11 nitrogen and oxygen atoms in total. The van der Waals surface area contributed by atoms with Crippen molar-refractivity contribution in [1.82, 2.24) is 10.2 Å². The zero-order chi connectivity index (χ0) is 27.0. The molecule has 38 heavy (non-hydrogen) atoms. The maximum absolute atomic E-state index is 14.7. The monoisotopic (exact) mass is 525 g/mol. The molecule has 200 valence electrons. The molecular formula is C26H28FN5O6. The van der Waals surface area contributed by atoms with Crippen LogP contribution in [-0.2, 0) is 25.6 Å². The number of nitrogens with zero attached hydrogens (tertiary/aromatic N) is 2. The van der Waals surface area contributed by atoms with Crippen LogP contribution >= 0.6 is 0 Å². The molecule has 0 aliphatic carbocycles. The van der Waals surface area contributed by atoms with Crippen molar-refractivity contribution in [3.63, 3.8) is 0 Å². The van der Waals surface area contributed by atoms with Crippen LogP contribution in [0, 0.1) is 11.2 Å². The van der Waals surface area contributed by atoms with Crippen molar-refractivity contribution in [2.45, 2.75) is 31.7 Å². The molecular weight excluding hydrogens is 497 g/mol. The van der Waals surface area contributed by atoms with E-state index in [9.17, 15) is 23.9 Å². The molecule has 0 radical (unpaired) electrons. The van der Waals surface area contributed by atoms with Gasteiger partial charge in [0.1, 0.15) is 11.7 Å². The van der Waals surface area contributed by atoms with Crippen LogP contribution < -0.4 is 15.5 Å². The average Bonchev–Trinajstić information content (AvgIpc) is 3.28. The van der Waals surface area contributed by atoms with Crippen LogP contribution in [0.25, 0.3) is 0 Å². The van der Waals surface area contributed by atoms with Crippen molar-refractivity contribution < 1.29 is 33.4 Å². The van der Waals surface area contributed by atoms with Gasteiger partial charge in [0.2, 0.25) is 0 Å². The number of halogens is 1. The minimum absolute atomic E-state index is 0.0223. The molecule has 2 aromatic carbocycles. The summed E-state index contributed by atoms with van der Waals surface area (Å²) in [5.74, 6) is -2.44. The average molecular weight is 526 g/mol. The highest BCUT2D eigenvalue weighted by molar-refractivity contribution is 6.05. The molecule has 2 fully saturated rings. The number of ether oxygens (including phenoxy) is 2. The summed E-state index contributed by atoms with van der Waals surface area (Å²) in [6.45, 7) is 3.41. The highest BCUT2D eigenvalue weighted by atomic mass is 19.1. The Morgan fingerprint density at radius 1 is 1.21 bits per heavy atom. The van der Waals surface area contributed by atoms with E-state index >= 15 is 0 Å². The first kappa shape index (κ1) is 25.8. The summed E-state index contributed by atoms with van der Waals surface area (Å²) in [7, 11) is 0. The fourth-order valence-electron chi connectivity index (χ4n) is 4.81. The van der Waals surface area contributed by atoms with Gasteiger partial charge < -0.3 is 35.0 Å². The first-order chi connectivity index (χ1) is 18.2. The van der Waals surface area contributed by atoms with Crippen LogP contribution in [-0.4, -0.2) is 84.7 Å². The van der Waals surface area contributed by atoms with Crippen molar-refractivity contribution in [2.75, 3.05) is 43.1 Å². The fraction of sp³-hybridized carbons (Fsp3) is 0.385. The fourth-order valence-corrected chi connectivity index (χ4v) is 4.81. The number of aliphatic hydroxyl groups excluding tert-OH is 1. The van der Waals surface area contributed by atoms with E-state index in [4.69, 9.17) is 14.9 Å². The maximum atomic E-state index is 14.7. The summed E-state index contributed by atoms with van der Waals surface area (Å²) in [4.78, 5) is 41.9. The standard InChI is InChI=1S/C26H28FN5O6/c1-14-13-37-8-6-31(14)25(35)19-11-17(3-5-20(19)27)32-7-9-38-22(26(32)36)21(33)24(34)30-16-2-4-18-15(10-16)12-29-23(18)28/h2-5,10-11,14,21-22,33H,6-9,12-13H2,1H3,(H2,28,29)(H,30,34)/t14?,21?,22-/m1/s1. The van der Waals surface area contributed by atoms with Crippen LogP contribution in [0.3, 0.4) is 0 Å². The zero-order valence-corrected chi connectivity index (χ0v) is 20.7. The lowest BCUT2D eigenvalue weighted by atomic mass is 10.1. The molecule has 3 atom stereocenters. The highest BCUT2D eigenvalue weighted by Gasteiger charge is 2.40. The number of aliphatic hydroxyl groups is 1. The Labute approximate surface area is 218 Å². The molecule has 2 unspecified atom stereocenters. The first-order valence-corrected chi connectivity index (χ1v) is 12.3. The number of fused-ring (bicyclic) bond motifs is 1. The molecule has 3 aliphatic heterocycles. The number of benzene rings is 2. The number of rotatable bonds is 5. The highest BCUT2D eigenvalue weighted by Crippen LogP contribution is 2.26. The van der Waals surface area contributed by atoms with Crippen molar-refractivity contribution in [2.24, 2.45) is 0 Å². The third kappa shape index (κ3) is 4.85. The Kier molecular flexibility index (Phi) is 7.11. The maximum Gasteiger partial charge on any atom is 0.259 e. The summed E-state index contributed by atoms with van der Waals surface area (Å²) in [6.07, 6.45) is -3.30. The van der Waals surface area contributed by atoms with E-state index < -0.39 is 35.7 Å². The summed E-state index contributed by atoms with van der Waals surface area (Å²) < 4.78 is 25.5. The van der Waals surface area contributed by atoms with Crippen LogP contribution in [0.4, 0.5) is 15.8 Å². The SMILES string of the molecule is CC1COCCN1C(=O)c1cc(N2CCO[C@H](C(O)C(=O)Nc3ccc4c(c3)CNC4=N)C2=O)ccc1F. The molecule has 0 aromatic heterocycles. The molecule has 4 N–H and O–H groups in total. The Balaban J connectivity index is 1.30. The summed E-state index contributed by atoms with van der Waals surface area (Å²) >= 11 is 0. The summed E-state index contributed by atoms with van der Waals surface area (Å²) in [6, 6.07) is 8.56. The second kappa shape index (κ2) is 10.5. The van der Waals surface area contributed by atoms with Gasteiger partial charge in [-0.3, -0.25) is 19.8 Å². The van der Waals surface area contributed by atoms with E-state index in [0.717, 1.165) is 17.2 Å². The van der Waals surface area contributed by atoms with Gasteiger partial charge >= 0.3 is 0 Å². The minimum atomic E-state index is -1.81. The number of hydrogen-bond donors (Lipinski definition) is 4. The third-order valence-corrected chi connectivity index (χ3v) is 6.90. The molecule has 5 rings (SSSR count). The second-order valence-corrected chi connectivity index (χ2v) is 9.40. The van der Waals surface area contributed by atoms with Gasteiger partial charge in [0.15, 0.2) is 12.2 Å². The van der Waals surface area contributed by atoms with Crippen LogP contribution in [0.15, 0.2) is 36.4 Å². The predicted octanol–water partition coefficient (Wildman–Crippen LogP) is 0.847. The smallest absolute Gasteiger partial charge is 0.259 e. The number of amidine groups is 1. The van der Waals surface area contributed by atoms with Gasteiger partial charge in [-0.25, -0.2) is 4.39 Å². The van der Waals surface area contributed by atoms with Crippen LogP contribution in [0.5, 0.6) is 0 Å². The van der Waals surface area contributed by atoms with Crippen molar-refractivity contribution in [3.05, 3.63) is 58.9 Å². The van der Waals surface area contributed by atoms with E-state index in [1.165, 1.54) is 21.9 Å². The third-order valence-electron chi connectivity index (χ3n) is 6.90. The van der Waals surface area contributed by atoms with Gasteiger partial charge in [0.25, 0.3) is 17.7 Å². The number of morpholine rings is 2. The van der Waals surface area contributed by atoms with Crippen LogP contribution in [0.2, 0.25) is 0 Å². The van der Waals surface area contributed by atoms with Gasteiger partial charge in [-0.2, -0.15) is 0 Å². The van der Waals surface area contributed by atoms with E-state index in [1.807, 2.05) is 6.92 Å². The molecule has 3 aliphatic rings. The predicted molar refractivity (Wildman–Crippen MR) is 135 cm³/mol. The Hall–Kier alpha value is -3.87. The molecule has 0 saturated carbocycles. The quantitative estimate of drug-likeness (QED) is 0.453. The Bertz CT molecular complexity index is 1300. The Morgan fingerprint density at radius 2 is 2.03 bits per heavy atom. The van der Waals surface area contributed by atoms with E-state index in [1.54, 1.807) is 18.2 Å². The molecule has 0 bridgehead atoms. The van der Waals surface area contributed by atoms with Gasteiger partial charge in [0.05, 0.1) is 31.4 Å². The first-order valence-electron chi connectivity index (χ1n) is 12.3. The number of nitrogens with one attached hydrogen (secondary N) is 3. The molecule has 2 saturated heterocycles. The number of carbonyl (C=O) groups excluding carboxylic acids is 3. The van der Waals surface area contributed by atoms with Gasteiger partial charge in [-0.1, -0.05) is 0 Å². The number of amides is 3. The molecule has 3 amide bonds. The normalized spacial score (nSPS) is 22.1. The molecule has 12 heteroatoms. The molecule has 0 spiro atoms. The van der Waals surface area contributed by atoms with Crippen molar-refractivity contribution in [3.8, 4) is 0 Å². The summed E-state index contributed by atoms with van der Waals surface area (Å²) in [5, 5.41) is 24.0. The minimum Gasteiger partial charge on any atom is -0.380 e. The number of carbonyl (C=O) groups is 3. The van der Waals surface area contributed by atoms with Crippen LogP contribution in [0.1, 0.15) is 28.4 Å². The van der Waals surface area contributed by atoms with Gasteiger partial charge in [-0.05, 0) is 48.9 Å². The second-order valence-electron chi connectivity index (χ2n) is 9.40. The van der Waals surface area contributed by atoms with Crippen molar-refractivity contribution >= 4 is 34.9 Å². The lowest BCUT2D eigenvalue weighted by molar-refractivity contribution is -0.150. The van der Waals surface area contributed by atoms with E-state index in [2.05, 4.69) is 10.6 Å². The largest absolute Gasteiger partial charge is 0.380 e. The van der Waals surface area contributed by atoms with E-state index in [0.29, 0.717) is 37.8 Å². The van der Waals surface area contributed by atoms with Gasteiger partial charge in [0, 0.05) is 36.6 Å². The molecule has 3 heterocycles. The van der Waals surface area contributed by atoms with Crippen molar-refractivity contribution in [1.29, 1.82) is 5.41 Å². The lowest BCUT2D eigenvalue weighted by Crippen LogP contribution is -2.55. The Morgan fingerprint density at radius 3 is 2.82 bits per heavy atom.